The van der Waals surface area contributed by atoms with E-state index < -0.39 is 0 Å². The lowest BCUT2D eigenvalue weighted by molar-refractivity contribution is -0.132. The number of nitrogens with one attached hydrogen (secondary N) is 2. The van der Waals surface area contributed by atoms with Gasteiger partial charge < -0.3 is 24.8 Å². The number of rotatable bonds is 13. The third-order valence-corrected chi connectivity index (χ3v) is 6.92. The summed E-state index contributed by atoms with van der Waals surface area (Å²) >= 11 is 0. The number of fused-ring (bicyclic) bond motifs is 1. The van der Waals surface area contributed by atoms with Crippen LogP contribution in [-0.2, 0) is 28.9 Å². The van der Waals surface area contributed by atoms with E-state index in [2.05, 4.69) is 29.4 Å². The molecule has 7 nitrogen and oxygen atoms in total. The van der Waals surface area contributed by atoms with Crippen LogP contribution in [0.1, 0.15) is 30.0 Å². The van der Waals surface area contributed by atoms with E-state index in [4.69, 9.17) is 4.74 Å². The molecule has 0 aliphatic carbocycles. The molecular weight excluding hydrogens is 488 g/mol. The van der Waals surface area contributed by atoms with E-state index in [-0.39, 0.29) is 18.5 Å². The van der Waals surface area contributed by atoms with Crippen molar-refractivity contribution in [3.63, 3.8) is 0 Å². The van der Waals surface area contributed by atoms with Crippen LogP contribution in [-0.4, -0.2) is 60.1 Å². The first kappa shape index (κ1) is 27.9. The Hall–Kier alpha value is -4.10. The molecule has 0 aliphatic heterocycles. The quantitative estimate of drug-likeness (QED) is 0.214. The van der Waals surface area contributed by atoms with Crippen molar-refractivity contribution >= 4 is 28.5 Å². The van der Waals surface area contributed by atoms with Gasteiger partial charge in [-0.05, 0) is 48.1 Å². The number of para-hydroxylation sites is 2. The van der Waals surface area contributed by atoms with Crippen molar-refractivity contribution in [2.75, 3.05) is 38.7 Å². The third-order valence-electron chi connectivity index (χ3n) is 6.92. The Labute approximate surface area is 230 Å². The predicted octanol–water partition coefficient (Wildman–Crippen LogP) is 5.87. The minimum absolute atomic E-state index is 0.00937. The van der Waals surface area contributed by atoms with Crippen LogP contribution in [0.3, 0.4) is 0 Å². The number of hydrogen-bond donors (Lipinski definition) is 2. The number of carbonyl (C=O) groups excluding carboxylic acids is 2. The van der Waals surface area contributed by atoms with Gasteiger partial charge in [0.05, 0.1) is 0 Å². The number of methoxy groups -OCH3 is 1. The number of nitrogens with zero attached hydrogens (tertiary/aromatic N) is 2. The fraction of sp³-hybridized carbons (Fsp3) is 0.312. The van der Waals surface area contributed by atoms with Gasteiger partial charge in [0, 0.05) is 56.1 Å². The molecule has 4 aromatic rings. The molecule has 39 heavy (non-hydrogen) atoms. The van der Waals surface area contributed by atoms with Crippen molar-refractivity contribution in [2.45, 2.75) is 32.7 Å². The molecule has 7 heteroatoms. The van der Waals surface area contributed by atoms with Crippen LogP contribution >= 0.6 is 0 Å². The van der Waals surface area contributed by atoms with Crippen LogP contribution in [0.5, 0.6) is 0 Å². The van der Waals surface area contributed by atoms with Gasteiger partial charge in [-0.3, -0.25) is 4.79 Å². The molecule has 3 amide bonds. The first-order valence-electron chi connectivity index (χ1n) is 13.6. The Morgan fingerprint density at radius 3 is 2.41 bits per heavy atom. The van der Waals surface area contributed by atoms with E-state index in [0.29, 0.717) is 39.1 Å². The van der Waals surface area contributed by atoms with Crippen molar-refractivity contribution in [2.24, 2.45) is 0 Å². The second kappa shape index (κ2) is 14.2. The number of benzene rings is 3. The molecule has 0 spiro atoms. The monoisotopic (exact) mass is 526 g/mol. The highest BCUT2D eigenvalue weighted by molar-refractivity contribution is 5.93. The smallest absolute Gasteiger partial charge is 0.322 e. The lowest BCUT2D eigenvalue weighted by Crippen LogP contribution is -2.45. The molecule has 4 rings (SSSR count). The second-order valence-electron chi connectivity index (χ2n) is 9.62. The van der Waals surface area contributed by atoms with Gasteiger partial charge in [0.1, 0.15) is 6.54 Å². The number of H-pyrrole nitrogens is 1. The number of aryl methyl sites for hydroxylation is 1. The summed E-state index contributed by atoms with van der Waals surface area (Å²) in [5.74, 6) is -0.0879. The molecule has 0 aliphatic rings. The van der Waals surface area contributed by atoms with Crippen molar-refractivity contribution in [1.82, 2.24) is 14.8 Å². The molecular formula is C32H38N4O3. The maximum absolute atomic E-state index is 13.8. The molecule has 0 radical (unpaired) electrons. The zero-order chi connectivity index (χ0) is 27.5. The Bertz CT molecular complexity index is 1350. The number of aromatic amines is 1. The maximum Gasteiger partial charge on any atom is 0.322 e. The highest BCUT2D eigenvalue weighted by Gasteiger charge is 2.22. The summed E-state index contributed by atoms with van der Waals surface area (Å²) in [7, 11) is 1.64. The van der Waals surface area contributed by atoms with Gasteiger partial charge in [-0.25, -0.2) is 4.79 Å². The molecule has 1 aromatic heterocycles. The van der Waals surface area contributed by atoms with E-state index >= 15 is 0 Å². The van der Waals surface area contributed by atoms with Crippen LogP contribution < -0.4 is 5.32 Å². The average Bonchev–Trinajstić information content (AvgIpc) is 3.38. The van der Waals surface area contributed by atoms with Crippen LogP contribution in [0.2, 0.25) is 0 Å². The second-order valence-corrected chi connectivity index (χ2v) is 9.62. The summed E-state index contributed by atoms with van der Waals surface area (Å²) in [6.07, 6.45) is 4.17. The van der Waals surface area contributed by atoms with E-state index in [1.54, 1.807) is 12.0 Å². The van der Waals surface area contributed by atoms with Gasteiger partial charge in [-0.2, -0.15) is 0 Å². The van der Waals surface area contributed by atoms with Gasteiger partial charge >= 0.3 is 6.03 Å². The van der Waals surface area contributed by atoms with Crippen molar-refractivity contribution in [1.29, 1.82) is 0 Å². The fourth-order valence-corrected chi connectivity index (χ4v) is 4.75. The molecule has 2 N–H and O–H groups in total. The molecule has 0 atom stereocenters. The minimum Gasteiger partial charge on any atom is -0.385 e. The summed E-state index contributed by atoms with van der Waals surface area (Å²) in [6, 6.07) is 25.7. The fourth-order valence-electron chi connectivity index (χ4n) is 4.75. The average molecular weight is 527 g/mol. The van der Waals surface area contributed by atoms with Gasteiger partial charge in [0.2, 0.25) is 5.91 Å². The van der Waals surface area contributed by atoms with Gasteiger partial charge in [0.15, 0.2) is 0 Å². The van der Waals surface area contributed by atoms with E-state index in [1.807, 2.05) is 77.8 Å². The van der Waals surface area contributed by atoms with Gasteiger partial charge in [-0.15, -0.1) is 0 Å². The number of amides is 3. The summed E-state index contributed by atoms with van der Waals surface area (Å²) in [6.45, 7) is 4.00. The van der Waals surface area contributed by atoms with Crippen LogP contribution in [0, 0.1) is 0 Å². The largest absolute Gasteiger partial charge is 0.385 e. The molecule has 1 heterocycles. The molecule has 0 saturated carbocycles. The van der Waals surface area contributed by atoms with E-state index in [9.17, 15) is 9.59 Å². The van der Waals surface area contributed by atoms with Crippen molar-refractivity contribution in [3.05, 3.63) is 102 Å². The zero-order valence-electron chi connectivity index (χ0n) is 22.9. The van der Waals surface area contributed by atoms with Gasteiger partial charge in [0.25, 0.3) is 0 Å². The molecule has 0 saturated heterocycles. The number of carbonyl (C=O) groups is 2. The Kier molecular flexibility index (Phi) is 10.1. The minimum atomic E-state index is -0.281. The zero-order valence-corrected chi connectivity index (χ0v) is 22.9. The van der Waals surface area contributed by atoms with Crippen LogP contribution in [0.25, 0.3) is 10.9 Å². The lowest BCUT2D eigenvalue weighted by atomic mass is 10.1. The first-order chi connectivity index (χ1) is 19.1. The standard InChI is InChI=1S/C32H38N4O3/c1-3-26-14-7-9-16-29(26)34-32(38)36(19-11-21-39-2)24-31(37)35(23-25-12-5-4-6-13-25)20-18-27-22-33-30-17-10-8-15-28(27)30/h4-10,12-17,22,33H,3,11,18-21,23-24H2,1-2H3,(H,34,38). The molecule has 0 unspecified atom stereocenters. The normalized spacial score (nSPS) is 10.9. The van der Waals surface area contributed by atoms with Gasteiger partial charge in [-0.1, -0.05) is 73.7 Å². The topological polar surface area (TPSA) is 77.7 Å². The number of aromatic nitrogens is 1. The maximum atomic E-state index is 13.8. The molecule has 0 fully saturated rings. The Morgan fingerprint density at radius 1 is 0.872 bits per heavy atom. The molecule has 3 aromatic carbocycles. The number of urea groups is 1. The number of anilines is 1. The lowest BCUT2D eigenvalue weighted by Gasteiger charge is -2.28. The summed E-state index contributed by atoms with van der Waals surface area (Å²) in [4.78, 5) is 33.9. The van der Waals surface area contributed by atoms with Crippen LogP contribution in [0.15, 0.2) is 85.1 Å². The highest BCUT2D eigenvalue weighted by atomic mass is 16.5. The van der Waals surface area contributed by atoms with Crippen molar-refractivity contribution < 1.29 is 14.3 Å². The van der Waals surface area contributed by atoms with Crippen LogP contribution in [0.4, 0.5) is 10.5 Å². The summed E-state index contributed by atoms with van der Waals surface area (Å²) < 4.78 is 5.22. The SMILES string of the molecule is CCc1ccccc1NC(=O)N(CCCOC)CC(=O)N(CCc1c[nH]c2ccccc12)Cc1ccccc1. The van der Waals surface area contributed by atoms with E-state index in [0.717, 1.165) is 28.8 Å². The highest BCUT2D eigenvalue weighted by Crippen LogP contribution is 2.20. The number of ether oxygens (including phenoxy) is 1. The molecule has 204 valence electrons. The van der Waals surface area contributed by atoms with E-state index in [1.165, 1.54) is 10.9 Å². The van der Waals surface area contributed by atoms with Crippen molar-refractivity contribution in [3.8, 4) is 0 Å². The Balaban J connectivity index is 1.51. The number of hydrogen-bond acceptors (Lipinski definition) is 3. The summed E-state index contributed by atoms with van der Waals surface area (Å²) in [5, 5.41) is 4.19. The third kappa shape index (κ3) is 7.71. The Morgan fingerprint density at radius 2 is 1.62 bits per heavy atom. The summed E-state index contributed by atoms with van der Waals surface area (Å²) in [5.41, 5.74) is 5.13. The predicted molar refractivity (Wildman–Crippen MR) is 157 cm³/mol. The molecule has 0 bridgehead atoms. The first-order valence-corrected chi connectivity index (χ1v) is 13.6.